The van der Waals surface area contributed by atoms with E-state index >= 15 is 0 Å². The summed E-state index contributed by atoms with van der Waals surface area (Å²) < 4.78 is 0. The maximum absolute atomic E-state index is 10.7. The van der Waals surface area contributed by atoms with Gasteiger partial charge in [-0.1, -0.05) is 32.9 Å². The predicted molar refractivity (Wildman–Crippen MR) is 76.1 cm³/mol. The first-order valence-electron chi connectivity index (χ1n) is 6.79. The molecule has 0 bridgehead atoms. The van der Waals surface area contributed by atoms with Crippen molar-refractivity contribution >= 4 is 0 Å². The quantitative estimate of drug-likeness (QED) is 0.841. The second-order valence-corrected chi connectivity index (χ2v) is 6.85. The fourth-order valence-electron chi connectivity index (χ4n) is 2.99. The number of rotatable bonds is 2. The van der Waals surface area contributed by atoms with Gasteiger partial charge in [0.2, 0.25) is 0 Å². The Kier molecular flexibility index (Phi) is 2.97. The molecule has 0 amide bonds. The van der Waals surface area contributed by atoms with Crippen LogP contribution in [0.4, 0.5) is 0 Å². The number of phenols is 1. The van der Waals surface area contributed by atoms with Crippen molar-refractivity contribution in [2.75, 3.05) is 0 Å². The zero-order valence-electron chi connectivity index (χ0n) is 12.2. The fourth-order valence-corrected chi connectivity index (χ4v) is 2.99. The monoisotopic (exact) mass is 247 g/mol. The fraction of sp³-hybridized carbons (Fsp3) is 0.625. The van der Waals surface area contributed by atoms with Crippen LogP contribution < -0.4 is 5.73 Å². The zero-order chi connectivity index (χ0) is 13.7. The number of hydrogen-bond acceptors (Lipinski definition) is 2. The Morgan fingerprint density at radius 3 is 2.22 bits per heavy atom. The molecular formula is C16H25NO. The lowest BCUT2D eigenvalue weighted by atomic mass is 9.79. The largest absolute Gasteiger partial charge is 0.507 e. The van der Waals surface area contributed by atoms with E-state index in [1.54, 1.807) is 0 Å². The summed E-state index contributed by atoms with van der Waals surface area (Å²) in [5.41, 5.74) is 9.39. The second kappa shape index (κ2) is 3.99. The van der Waals surface area contributed by atoms with Crippen LogP contribution in [0.5, 0.6) is 5.75 Å². The molecule has 0 radical (unpaired) electrons. The lowest BCUT2D eigenvalue weighted by Crippen LogP contribution is -2.32. The van der Waals surface area contributed by atoms with E-state index in [4.69, 9.17) is 5.73 Å². The van der Waals surface area contributed by atoms with Gasteiger partial charge in [0.05, 0.1) is 0 Å². The van der Waals surface area contributed by atoms with E-state index < -0.39 is 0 Å². The molecule has 1 fully saturated rings. The van der Waals surface area contributed by atoms with Crippen LogP contribution in [0, 0.1) is 6.92 Å². The summed E-state index contributed by atoms with van der Waals surface area (Å²) in [6.45, 7) is 10.5. The van der Waals surface area contributed by atoms with Gasteiger partial charge in [0.15, 0.2) is 0 Å². The highest BCUT2D eigenvalue weighted by Crippen LogP contribution is 2.55. The van der Waals surface area contributed by atoms with E-state index in [0.29, 0.717) is 5.75 Å². The first-order chi connectivity index (χ1) is 8.20. The summed E-state index contributed by atoms with van der Waals surface area (Å²) >= 11 is 0. The van der Waals surface area contributed by atoms with E-state index in [0.717, 1.165) is 29.5 Å². The summed E-state index contributed by atoms with van der Waals surface area (Å²) in [7, 11) is 0. The molecule has 1 aliphatic rings. The van der Waals surface area contributed by atoms with Crippen LogP contribution in [0.15, 0.2) is 12.1 Å². The van der Waals surface area contributed by atoms with Gasteiger partial charge in [-0.3, -0.25) is 0 Å². The molecule has 18 heavy (non-hydrogen) atoms. The maximum atomic E-state index is 10.7. The molecule has 1 aromatic carbocycles. The minimum absolute atomic E-state index is 0.00935. The molecule has 1 aliphatic carbocycles. The van der Waals surface area contributed by atoms with Gasteiger partial charge in [-0.05, 0) is 43.2 Å². The SMILES string of the molecule is Cc1ccc(C(C)(C)C)c(O)c1C1(C(C)N)CC1. The van der Waals surface area contributed by atoms with Crippen LogP contribution in [0.3, 0.4) is 0 Å². The molecule has 1 aromatic rings. The molecule has 1 unspecified atom stereocenters. The van der Waals surface area contributed by atoms with Crippen molar-refractivity contribution in [3.05, 3.63) is 28.8 Å². The second-order valence-electron chi connectivity index (χ2n) is 6.85. The van der Waals surface area contributed by atoms with Crippen LogP contribution in [0.1, 0.15) is 57.2 Å². The molecule has 0 heterocycles. The lowest BCUT2D eigenvalue weighted by Gasteiger charge is -2.28. The Morgan fingerprint density at radius 1 is 1.28 bits per heavy atom. The summed E-state index contributed by atoms with van der Waals surface area (Å²) in [6.07, 6.45) is 2.18. The highest BCUT2D eigenvalue weighted by molar-refractivity contribution is 5.54. The van der Waals surface area contributed by atoms with Gasteiger partial charge in [0, 0.05) is 17.0 Å². The summed E-state index contributed by atoms with van der Waals surface area (Å²) in [4.78, 5) is 0. The Balaban J connectivity index is 2.62. The number of phenolic OH excluding ortho intramolecular Hbond substituents is 1. The normalized spacial score (nSPS) is 19.7. The van der Waals surface area contributed by atoms with E-state index in [1.807, 2.05) is 6.07 Å². The summed E-state index contributed by atoms with van der Waals surface area (Å²) in [5.74, 6) is 0.470. The predicted octanol–water partition coefficient (Wildman–Crippen LogP) is 3.38. The van der Waals surface area contributed by atoms with Gasteiger partial charge in [0.25, 0.3) is 0 Å². The Bertz CT molecular complexity index is 465. The highest BCUT2D eigenvalue weighted by atomic mass is 16.3. The zero-order valence-corrected chi connectivity index (χ0v) is 12.2. The highest BCUT2D eigenvalue weighted by Gasteiger charge is 2.50. The molecule has 0 spiro atoms. The first kappa shape index (κ1) is 13.4. The van der Waals surface area contributed by atoms with Gasteiger partial charge in [-0.25, -0.2) is 0 Å². The van der Waals surface area contributed by atoms with Gasteiger partial charge >= 0.3 is 0 Å². The molecule has 0 aliphatic heterocycles. The number of hydrogen-bond donors (Lipinski definition) is 2. The standard InChI is InChI=1S/C16H25NO/c1-10-6-7-12(15(3,4)5)14(18)13(10)16(8-9-16)11(2)17/h6-7,11,18H,8-9,17H2,1-5H3. The molecule has 1 atom stereocenters. The molecule has 2 nitrogen and oxygen atoms in total. The van der Waals surface area contributed by atoms with Crippen LogP contribution >= 0.6 is 0 Å². The van der Waals surface area contributed by atoms with Crippen molar-refractivity contribution in [2.45, 2.75) is 64.3 Å². The Hall–Kier alpha value is -1.02. The van der Waals surface area contributed by atoms with Crippen molar-refractivity contribution in [1.82, 2.24) is 0 Å². The first-order valence-corrected chi connectivity index (χ1v) is 6.79. The van der Waals surface area contributed by atoms with Gasteiger partial charge in [-0.2, -0.15) is 0 Å². The summed E-state index contributed by atoms with van der Waals surface area (Å²) in [5, 5.41) is 10.7. The van der Waals surface area contributed by atoms with Crippen molar-refractivity contribution in [1.29, 1.82) is 0 Å². The third-order valence-corrected chi connectivity index (χ3v) is 4.35. The molecular weight excluding hydrogens is 222 g/mol. The van der Waals surface area contributed by atoms with E-state index in [1.165, 1.54) is 0 Å². The van der Waals surface area contributed by atoms with E-state index in [-0.39, 0.29) is 16.9 Å². The topological polar surface area (TPSA) is 46.2 Å². The van der Waals surface area contributed by atoms with Gasteiger partial charge in [-0.15, -0.1) is 0 Å². The Labute approximate surface area is 110 Å². The Morgan fingerprint density at radius 2 is 1.83 bits per heavy atom. The average molecular weight is 247 g/mol. The van der Waals surface area contributed by atoms with Gasteiger partial charge < -0.3 is 10.8 Å². The average Bonchev–Trinajstić information content (AvgIpc) is 2.96. The maximum Gasteiger partial charge on any atom is 0.123 e. The third-order valence-electron chi connectivity index (χ3n) is 4.35. The van der Waals surface area contributed by atoms with E-state index in [2.05, 4.69) is 40.7 Å². The number of aryl methyl sites for hydroxylation is 1. The minimum Gasteiger partial charge on any atom is -0.507 e. The number of nitrogens with two attached hydrogens (primary N) is 1. The van der Waals surface area contributed by atoms with E-state index in [9.17, 15) is 5.11 Å². The number of benzene rings is 1. The van der Waals surface area contributed by atoms with Crippen LogP contribution in [0.2, 0.25) is 0 Å². The third kappa shape index (κ3) is 1.93. The van der Waals surface area contributed by atoms with Crippen molar-refractivity contribution in [3.8, 4) is 5.75 Å². The van der Waals surface area contributed by atoms with Crippen molar-refractivity contribution < 1.29 is 5.11 Å². The number of aromatic hydroxyl groups is 1. The summed E-state index contributed by atoms with van der Waals surface area (Å²) in [6, 6.07) is 4.26. The lowest BCUT2D eigenvalue weighted by molar-refractivity contribution is 0.422. The molecule has 0 aromatic heterocycles. The molecule has 2 rings (SSSR count). The van der Waals surface area contributed by atoms with Crippen molar-refractivity contribution in [3.63, 3.8) is 0 Å². The molecule has 3 N–H and O–H groups in total. The van der Waals surface area contributed by atoms with Crippen molar-refractivity contribution in [2.24, 2.45) is 5.73 Å². The van der Waals surface area contributed by atoms with Crippen LogP contribution in [0.25, 0.3) is 0 Å². The molecule has 1 saturated carbocycles. The molecule has 2 heteroatoms. The minimum atomic E-state index is -0.0412. The smallest absolute Gasteiger partial charge is 0.123 e. The molecule has 0 saturated heterocycles. The van der Waals surface area contributed by atoms with Crippen LogP contribution in [-0.2, 0) is 10.8 Å². The van der Waals surface area contributed by atoms with Gasteiger partial charge in [0.1, 0.15) is 5.75 Å². The van der Waals surface area contributed by atoms with Crippen LogP contribution in [-0.4, -0.2) is 11.1 Å². The molecule has 100 valence electrons.